The first-order valence-electron chi connectivity index (χ1n) is 15.8. The summed E-state index contributed by atoms with van der Waals surface area (Å²) in [6.07, 6.45) is -4.42. The second kappa shape index (κ2) is 18.8. The third-order valence-corrected chi connectivity index (χ3v) is 8.83. The van der Waals surface area contributed by atoms with Gasteiger partial charge in [0.2, 0.25) is 0 Å². The lowest BCUT2D eigenvalue weighted by atomic mass is 10.2. The zero-order valence-corrected chi connectivity index (χ0v) is 32.6. The second-order valence-corrected chi connectivity index (χ2v) is 15.3. The van der Waals surface area contributed by atoms with E-state index in [4.69, 9.17) is 31.2 Å². The summed E-state index contributed by atoms with van der Waals surface area (Å²) in [7, 11) is -7.55. The molecule has 0 fully saturated rings. The first-order chi connectivity index (χ1) is 26.7. The summed E-state index contributed by atoms with van der Waals surface area (Å²) < 4.78 is 109. The van der Waals surface area contributed by atoms with E-state index in [1.807, 2.05) is 0 Å². The maximum atomic E-state index is 13.5. The van der Waals surface area contributed by atoms with E-state index in [1.54, 1.807) is 31.6 Å². The summed E-state index contributed by atoms with van der Waals surface area (Å²) in [5.41, 5.74) is -4.17. The number of anilines is 1. The van der Waals surface area contributed by atoms with Gasteiger partial charge >= 0.3 is 31.4 Å². The maximum absolute atomic E-state index is 13.5. The van der Waals surface area contributed by atoms with Crippen LogP contribution in [0.4, 0.5) is 27.6 Å². The molecule has 2 aromatic carbocycles. The van der Waals surface area contributed by atoms with Crippen molar-refractivity contribution >= 4 is 52.6 Å². The minimum absolute atomic E-state index is 0.0104. The van der Waals surface area contributed by atoms with Crippen molar-refractivity contribution in [3.63, 3.8) is 0 Å². The van der Waals surface area contributed by atoms with E-state index in [0.29, 0.717) is 20.9 Å². The third kappa shape index (κ3) is 12.7. The zero-order valence-electron chi connectivity index (χ0n) is 30.1. The van der Waals surface area contributed by atoms with Crippen LogP contribution in [-0.4, -0.2) is 82.9 Å². The number of sulfonamides is 1. The monoisotopic (exact) mass is 884 g/mol. The number of ether oxygens (including phenoxy) is 1. The van der Waals surface area contributed by atoms with Crippen molar-refractivity contribution in [2.75, 3.05) is 17.6 Å². The van der Waals surface area contributed by atoms with Gasteiger partial charge in [0.05, 0.1) is 35.2 Å². The molecule has 0 unspecified atom stereocenters. The molecule has 3 aromatic heterocycles. The number of halogens is 6. The van der Waals surface area contributed by atoms with E-state index in [9.17, 15) is 54.1 Å². The van der Waals surface area contributed by atoms with Crippen LogP contribution in [-0.2, 0) is 37.3 Å². The normalized spacial score (nSPS) is 11.7. The Hall–Kier alpha value is -5.59. The van der Waals surface area contributed by atoms with E-state index in [1.165, 1.54) is 18.3 Å². The van der Waals surface area contributed by atoms with E-state index in [0.717, 1.165) is 35.8 Å². The highest BCUT2D eigenvalue weighted by Crippen LogP contribution is 2.31. The molecular weight excluding hydrogens is 854 g/mol. The Morgan fingerprint density at radius 2 is 1.66 bits per heavy atom. The highest BCUT2D eigenvalue weighted by molar-refractivity contribution is 7.92. The van der Waals surface area contributed by atoms with E-state index < -0.39 is 94.1 Å². The number of hydrogen-bond acceptors (Lipinski definition) is 12. The number of alkyl halides is 3. The van der Waals surface area contributed by atoms with Gasteiger partial charge in [0.25, 0.3) is 26.5 Å². The number of carboxylic acids is 1. The molecule has 0 bridgehead atoms. The lowest BCUT2D eigenvalue weighted by molar-refractivity contribution is -0.144. The van der Waals surface area contributed by atoms with Crippen LogP contribution in [0.15, 0.2) is 69.5 Å². The topological polar surface area (TPSA) is 266 Å². The molecule has 5 N–H and O–H groups in total. The van der Waals surface area contributed by atoms with Crippen LogP contribution < -0.4 is 21.3 Å². The molecule has 314 valence electrons. The molecule has 0 aliphatic heterocycles. The minimum Gasteiger partial charge on any atom is -0.480 e. The Kier molecular flexibility index (Phi) is 15.1. The highest BCUT2D eigenvalue weighted by Gasteiger charge is 2.35. The quantitative estimate of drug-likeness (QED) is 0.0767. The number of carbonyl (C=O) groups is 2. The van der Waals surface area contributed by atoms with E-state index in [-0.39, 0.29) is 22.1 Å². The van der Waals surface area contributed by atoms with Crippen LogP contribution in [0.2, 0.25) is 5.02 Å². The van der Waals surface area contributed by atoms with Gasteiger partial charge in [-0.2, -0.15) is 26.6 Å². The van der Waals surface area contributed by atoms with Gasteiger partial charge in [-0.25, -0.2) is 32.4 Å². The number of esters is 1. The van der Waals surface area contributed by atoms with Crippen LogP contribution in [0.3, 0.4) is 0 Å². The summed E-state index contributed by atoms with van der Waals surface area (Å²) in [5.74, 6) is -3.95. The molecule has 0 saturated carbocycles. The molecule has 0 atom stereocenters. The zero-order chi connectivity index (χ0) is 43.9. The van der Waals surface area contributed by atoms with Gasteiger partial charge in [-0.05, 0) is 57.2 Å². The van der Waals surface area contributed by atoms with Gasteiger partial charge in [0, 0.05) is 25.0 Å². The summed E-state index contributed by atoms with van der Waals surface area (Å²) >= 11 is 5.94. The maximum Gasteiger partial charge on any atom is 0.431 e. The van der Waals surface area contributed by atoms with E-state index >= 15 is 0 Å². The van der Waals surface area contributed by atoms with Crippen molar-refractivity contribution < 1.29 is 64.2 Å². The molecule has 0 saturated heterocycles. The number of aryl methyl sites for hydroxylation is 1. The highest BCUT2D eigenvalue weighted by atomic mass is 35.5. The third-order valence-electron chi connectivity index (χ3n) is 6.74. The summed E-state index contributed by atoms with van der Waals surface area (Å²) in [6.45, 7) is 4.50. The predicted molar refractivity (Wildman–Crippen MR) is 193 cm³/mol. The molecule has 5 aromatic rings. The lowest BCUT2D eigenvalue weighted by Gasteiger charge is -2.15. The van der Waals surface area contributed by atoms with Gasteiger partial charge in [-0.3, -0.25) is 28.8 Å². The van der Waals surface area contributed by atoms with Crippen LogP contribution >= 0.6 is 19.2 Å². The molecule has 0 aliphatic rings. The molecule has 0 spiro atoms. The van der Waals surface area contributed by atoms with Gasteiger partial charge in [0.15, 0.2) is 0 Å². The fraction of sp³-hybridized carbons (Fsp3) is 0.258. The van der Waals surface area contributed by atoms with Crippen molar-refractivity contribution in [1.29, 1.82) is 0 Å². The van der Waals surface area contributed by atoms with Crippen molar-refractivity contribution in [1.82, 2.24) is 34.0 Å². The first kappa shape index (κ1) is 46.8. The fourth-order valence-corrected chi connectivity index (χ4v) is 5.82. The molecule has 19 nitrogen and oxygen atoms in total. The number of aromatic nitrogens is 6. The van der Waals surface area contributed by atoms with Gasteiger partial charge in [0.1, 0.15) is 23.0 Å². The molecule has 0 amide bonds. The number of rotatable bonds is 10. The molecule has 0 aliphatic carbocycles. The van der Waals surface area contributed by atoms with Crippen molar-refractivity contribution in [3.05, 3.63) is 109 Å². The average molecular weight is 885 g/mol. The van der Waals surface area contributed by atoms with Crippen LogP contribution in [0.1, 0.15) is 35.6 Å². The summed E-state index contributed by atoms with van der Waals surface area (Å²) in [4.78, 5) is 70.3. The number of para-hydroxylation sites is 1. The standard InChI is InChI=1S/C16H14ClF3N2O4.C12H9F2N5O2S.C3H8NO5P/c1-8(2)26-14(24)10-6-9(4-5-11(10)17)22-13(23)7-12(16(18,19)20)21(3)15(22)25;1-7-5-6-19-11(15-7)16-12(17-19)22(20,21)18-10-8(13)3-2-4-9(10)14;5-3(6)1-4-2-10(7,8)9/h4-8H,1-3H3;2-6,18H,1H3;4H,1-2H2,(H,5,6)(H2,7,8,9). The summed E-state index contributed by atoms with van der Waals surface area (Å²) in [6, 6.07) is 8.51. The molecule has 3 heterocycles. The Morgan fingerprint density at radius 1 is 1.03 bits per heavy atom. The number of carboxylic acid groups (broad SMARTS) is 1. The van der Waals surface area contributed by atoms with Crippen LogP contribution in [0.25, 0.3) is 11.5 Å². The molecule has 5 rings (SSSR count). The number of benzene rings is 2. The number of nitrogens with one attached hydrogen (secondary N) is 2. The van der Waals surface area contributed by atoms with Crippen molar-refractivity contribution in [3.8, 4) is 5.69 Å². The Bertz CT molecular complexity index is 2600. The largest absolute Gasteiger partial charge is 0.480 e. The van der Waals surface area contributed by atoms with Gasteiger partial charge in [-0.1, -0.05) is 17.7 Å². The number of aliphatic carboxylic acids is 1. The molecule has 0 radical (unpaired) electrons. The Labute approximate surface area is 327 Å². The number of nitrogens with zero attached hydrogens (tertiary/aromatic N) is 6. The van der Waals surface area contributed by atoms with Gasteiger partial charge < -0.3 is 19.6 Å². The fourth-order valence-electron chi connectivity index (χ4n) is 4.27. The summed E-state index contributed by atoms with van der Waals surface area (Å²) in [5, 5.41) is 13.2. The Balaban J connectivity index is 0.000000255. The van der Waals surface area contributed by atoms with Gasteiger partial charge in [-0.15, -0.1) is 5.10 Å². The smallest absolute Gasteiger partial charge is 0.431 e. The van der Waals surface area contributed by atoms with Crippen molar-refractivity contribution in [2.45, 2.75) is 38.2 Å². The molecule has 27 heteroatoms. The number of fused-ring (bicyclic) bond motifs is 1. The lowest BCUT2D eigenvalue weighted by Crippen LogP contribution is -2.40. The number of carbonyl (C=O) groups excluding carboxylic acids is 1. The van der Waals surface area contributed by atoms with Crippen LogP contribution in [0.5, 0.6) is 0 Å². The molecular formula is C31H31ClF5N8O11PS. The average Bonchev–Trinajstić information content (AvgIpc) is 3.52. The van der Waals surface area contributed by atoms with Crippen molar-refractivity contribution in [2.24, 2.45) is 7.05 Å². The first-order valence-corrected chi connectivity index (χ1v) is 19.4. The predicted octanol–water partition coefficient (Wildman–Crippen LogP) is 3.08. The molecule has 58 heavy (non-hydrogen) atoms. The second-order valence-electron chi connectivity index (χ2n) is 11.7. The van der Waals surface area contributed by atoms with E-state index in [2.05, 4.69) is 20.4 Å². The minimum atomic E-state index is -4.86. The number of hydrogen-bond donors (Lipinski definition) is 5. The SMILES string of the molecule is CC(C)OC(=O)c1cc(-n2c(=O)cc(C(F)(F)F)n(C)c2=O)ccc1Cl.Cc1ccn2nc(S(=O)(=O)Nc3c(F)cccc3F)nc2n1.O=C(O)CNCP(=O)(O)O. The Morgan fingerprint density at radius 3 is 2.21 bits per heavy atom. The van der Waals surface area contributed by atoms with Crippen LogP contribution in [0, 0.1) is 18.6 Å².